The lowest BCUT2D eigenvalue weighted by Gasteiger charge is -2.24. The number of anilines is 1. The molecule has 0 spiro atoms. The van der Waals surface area contributed by atoms with Crippen molar-refractivity contribution in [2.24, 2.45) is 0 Å². The maximum absolute atomic E-state index is 12.0. The first-order chi connectivity index (χ1) is 9.52. The Kier molecular flexibility index (Phi) is 4.69. The van der Waals surface area contributed by atoms with E-state index < -0.39 is 0 Å². The second-order valence-electron chi connectivity index (χ2n) is 4.90. The lowest BCUT2D eigenvalue weighted by Crippen LogP contribution is -2.34. The van der Waals surface area contributed by atoms with Crippen LogP contribution in [0.15, 0.2) is 9.28 Å². The van der Waals surface area contributed by atoms with Crippen LogP contribution in [0, 0.1) is 0 Å². The van der Waals surface area contributed by atoms with E-state index in [1.165, 1.54) is 4.57 Å². The normalized spacial score (nSPS) is 13.9. The van der Waals surface area contributed by atoms with Crippen LogP contribution >= 0.6 is 15.9 Å². The molecule has 6 nitrogen and oxygen atoms in total. The molecule has 0 aliphatic carbocycles. The molecule has 7 heteroatoms. The third-order valence-electron chi connectivity index (χ3n) is 3.19. The summed E-state index contributed by atoms with van der Waals surface area (Å²) < 4.78 is 2.47. The SMILES string of the molecule is CCCCNC(=O)Cn1c2c([nH]c1=O)C=C(Br)CN2C. The minimum absolute atomic E-state index is 0.0458. The van der Waals surface area contributed by atoms with Gasteiger partial charge in [-0.05, 0) is 12.5 Å². The van der Waals surface area contributed by atoms with Gasteiger partial charge in [-0.25, -0.2) is 4.79 Å². The molecule has 20 heavy (non-hydrogen) atoms. The number of rotatable bonds is 5. The Balaban J connectivity index is 2.17. The van der Waals surface area contributed by atoms with E-state index in [0.717, 1.165) is 28.8 Å². The van der Waals surface area contributed by atoms with Gasteiger partial charge < -0.3 is 15.2 Å². The predicted molar refractivity (Wildman–Crippen MR) is 83.1 cm³/mol. The van der Waals surface area contributed by atoms with Crippen molar-refractivity contribution in [1.82, 2.24) is 14.9 Å². The van der Waals surface area contributed by atoms with Crippen molar-refractivity contribution in [1.29, 1.82) is 0 Å². The number of carbonyl (C=O) groups is 1. The van der Waals surface area contributed by atoms with E-state index in [2.05, 4.69) is 33.2 Å². The van der Waals surface area contributed by atoms with E-state index >= 15 is 0 Å². The molecule has 0 unspecified atom stereocenters. The van der Waals surface area contributed by atoms with Crippen LogP contribution in [0.25, 0.3) is 6.08 Å². The minimum Gasteiger partial charge on any atom is -0.355 e. The standard InChI is InChI=1S/C13H19BrN4O2/c1-3-4-5-15-11(19)8-18-12-10(16-13(18)20)6-9(14)7-17(12)2/h6H,3-5,7-8H2,1-2H3,(H,15,19)(H,16,20). The number of carbonyl (C=O) groups excluding carboxylic acids is 1. The Morgan fingerprint density at radius 3 is 3.00 bits per heavy atom. The number of nitrogens with one attached hydrogen (secondary N) is 2. The number of aromatic nitrogens is 2. The maximum Gasteiger partial charge on any atom is 0.328 e. The number of likely N-dealkylation sites (N-methyl/N-ethyl adjacent to an activating group) is 1. The Bertz CT molecular complexity index is 588. The zero-order valence-corrected chi connectivity index (χ0v) is 13.3. The molecule has 2 rings (SSSR count). The zero-order chi connectivity index (χ0) is 14.7. The van der Waals surface area contributed by atoms with E-state index in [0.29, 0.717) is 13.1 Å². The average Bonchev–Trinajstić information content (AvgIpc) is 2.66. The number of amides is 1. The van der Waals surface area contributed by atoms with Crippen molar-refractivity contribution in [3.05, 3.63) is 20.7 Å². The number of hydrogen-bond donors (Lipinski definition) is 2. The Morgan fingerprint density at radius 2 is 2.30 bits per heavy atom. The molecular formula is C13H19BrN4O2. The summed E-state index contributed by atoms with van der Waals surface area (Å²) in [5, 5.41) is 2.82. The third kappa shape index (κ3) is 3.15. The number of aromatic amines is 1. The predicted octanol–water partition coefficient (Wildman–Crippen LogP) is 1.28. The first-order valence-corrected chi connectivity index (χ1v) is 7.49. The summed E-state index contributed by atoms with van der Waals surface area (Å²) in [6, 6.07) is 0. The van der Waals surface area contributed by atoms with Crippen LogP contribution in [0.2, 0.25) is 0 Å². The van der Waals surface area contributed by atoms with Crippen molar-refractivity contribution >= 4 is 33.7 Å². The van der Waals surface area contributed by atoms with E-state index in [1.807, 2.05) is 18.0 Å². The van der Waals surface area contributed by atoms with Gasteiger partial charge in [0.05, 0.1) is 12.2 Å². The zero-order valence-electron chi connectivity index (χ0n) is 11.7. The minimum atomic E-state index is -0.258. The average molecular weight is 343 g/mol. The quantitative estimate of drug-likeness (QED) is 0.792. The third-order valence-corrected chi connectivity index (χ3v) is 3.67. The topological polar surface area (TPSA) is 70.1 Å². The van der Waals surface area contributed by atoms with Gasteiger partial charge in [0.25, 0.3) is 0 Å². The van der Waals surface area contributed by atoms with Gasteiger partial charge >= 0.3 is 5.69 Å². The van der Waals surface area contributed by atoms with Crippen molar-refractivity contribution in [3.63, 3.8) is 0 Å². The van der Waals surface area contributed by atoms with Gasteiger partial charge in [-0.1, -0.05) is 29.3 Å². The summed E-state index contributed by atoms with van der Waals surface area (Å²) in [6.45, 7) is 3.45. The fourth-order valence-corrected chi connectivity index (χ4v) is 2.85. The van der Waals surface area contributed by atoms with Crippen molar-refractivity contribution in [2.75, 3.05) is 25.0 Å². The van der Waals surface area contributed by atoms with Gasteiger partial charge in [-0.3, -0.25) is 9.36 Å². The number of unbranched alkanes of at least 4 members (excludes halogenated alkanes) is 1. The highest BCUT2D eigenvalue weighted by Crippen LogP contribution is 2.27. The molecule has 110 valence electrons. The summed E-state index contributed by atoms with van der Waals surface area (Å²) >= 11 is 3.43. The van der Waals surface area contributed by atoms with Crippen LogP contribution in [-0.4, -0.2) is 35.6 Å². The van der Waals surface area contributed by atoms with Gasteiger partial charge in [0.15, 0.2) is 0 Å². The van der Waals surface area contributed by atoms with Crippen molar-refractivity contribution in [3.8, 4) is 0 Å². The van der Waals surface area contributed by atoms with Crippen molar-refractivity contribution < 1.29 is 4.79 Å². The van der Waals surface area contributed by atoms with E-state index in [1.54, 1.807) is 0 Å². The van der Waals surface area contributed by atoms with Gasteiger partial charge in [0, 0.05) is 18.1 Å². The molecule has 2 N–H and O–H groups in total. The Labute approximate surface area is 126 Å². The van der Waals surface area contributed by atoms with Crippen LogP contribution < -0.4 is 15.9 Å². The molecule has 1 amide bonds. The Morgan fingerprint density at radius 1 is 1.55 bits per heavy atom. The van der Waals surface area contributed by atoms with Crippen LogP contribution in [0.4, 0.5) is 5.82 Å². The highest BCUT2D eigenvalue weighted by atomic mass is 79.9. The molecule has 1 aliphatic rings. The summed E-state index contributed by atoms with van der Waals surface area (Å²) in [5.41, 5.74) is 0.475. The molecule has 0 radical (unpaired) electrons. The van der Waals surface area contributed by atoms with Gasteiger partial charge in [-0.2, -0.15) is 0 Å². The van der Waals surface area contributed by atoms with E-state index in [-0.39, 0.29) is 18.1 Å². The summed E-state index contributed by atoms with van der Waals surface area (Å²) in [6.07, 6.45) is 3.85. The lowest BCUT2D eigenvalue weighted by atomic mass is 10.3. The van der Waals surface area contributed by atoms with Crippen molar-refractivity contribution in [2.45, 2.75) is 26.3 Å². The van der Waals surface area contributed by atoms with Crippen LogP contribution in [0.5, 0.6) is 0 Å². The molecule has 0 fully saturated rings. The first kappa shape index (κ1) is 14.9. The number of hydrogen-bond acceptors (Lipinski definition) is 3. The Hall–Kier alpha value is -1.50. The smallest absolute Gasteiger partial charge is 0.328 e. The van der Waals surface area contributed by atoms with Gasteiger partial charge in [0.2, 0.25) is 5.91 Å². The number of H-pyrrole nitrogens is 1. The molecule has 0 aromatic carbocycles. The van der Waals surface area contributed by atoms with E-state index in [9.17, 15) is 9.59 Å². The molecule has 0 saturated carbocycles. The van der Waals surface area contributed by atoms with Gasteiger partial charge in [0.1, 0.15) is 12.4 Å². The summed E-state index contributed by atoms with van der Waals surface area (Å²) in [7, 11) is 1.89. The molecule has 0 atom stereocenters. The second-order valence-corrected chi connectivity index (χ2v) is 5.92. The molecule has 1 aromatic heterocycles. The molecule has 0 bridgehead atoms. The number of fused-ring (bicyclic) bond motifs is 1. The maximum atomic E-state index is 12.0. The van der Waals surface area contributed by atoms with E-state index in [4.69, 9.17) is 0 Å². The lowest BCUT2D eigenvalue weighted by molar-refractivity contribution is -0.121. The monoisotopic (exact) mass is 342 g/mol. The highest BCUT2D eigenvalue weighted by molar-refractivity contribution is 9.11. The number of halogens is 1. The molecular weight excluding hydrogens is 324 g/mol. The molecule has 1 aliphatic heterocycles. The molecule has 2 heterocycles. The second kappa shape index (κ2) is 6.30. The fourth-order valence-electron chi connectivity index (χ4n) is 2.25. The molecule has 0 saturated heterocycles. The largest absolute Gasteiger partial charge is 0.355 e. The summed E-state index contributed by atoms with van der Waals surface area (Å²) in [5.74, 6) is 0.619. The molecule has 1 aromatic rings. The first-order valence-electron chi connectivity index (χ1n) is 6.69. The van der Waals surface area contributed by atoms with Gasteiger partial charge in [-0.15, -0.1) is 0 Å². The van der Waals surface area contributed by atoms with Crippen LogP contribution in [-0.2, 0) is 11.3 Å². The number of imidazole rings is 1. The van der Waals surface area contributed by atoms with Crippen LogP contribution in [0.1, 0.15) is 25.5 Å². The van der Waals surface area contributed by atoms with Crippen LogP contribution in [0.3, 0.4) is 0 Å². The number of nitrogens with zero attached hydrogens (tertiary/aromatic N) is 2. The highest BCUT2D eigenvalue weighted by Gasteiger charge is 2.22. The summed E-state index contributed by atoms with van der Waals surface area (Å²) in [4.78, 5) is 28.6. The fraction of sp³-hybridized carbons (Fsp3) is 0.538.